The smallest absolute Gasteiger partial charge is 0.0652 e. The fourth-order valence-electron chi connectivity index (χ4n) is 2.99. The van der Waals surface area contributed by atoms with Gasteiger partial charge in [-0.25, -0.2) is 0 Å². The first kappa shape index (κ1) is 16.1. The van der Waals surface area contributed by atoms with E-state index in [-0.39, 0.29) is 5.41 Å². The first-order chi connectivity index (χ1) is 9.40. The van der Waals surface area contributed by atoms with Gasteiger partial charge in [-0.1, -0.05) is 50.0 Å². The van der Waals surface area contributed by atoms with Gasteiger partial charge in [0.2, 0.25) is 0 Å². The van der Waals surface area contributed by atoms with Gasteiger partial charge < -0.3 is 10.1 Å². The molecule has 1 aromatic carbocycles. The van der Waals surface area contributed by atoms with Crippen LogP contribution in [0.5, 0.6) is 0 Å². The number of methoxy groups -OCH3 is 1. The van der Waals surface area contributed by atoms with E-state index in [9.17, 15) is 0 Å². The van der Waals surface area contributed by atoms with Gasteiger partial charge in [-0.3, -0.25) is 0 Å². The molecule has 1 aliphatic carbocycles. The molecule has 3 unspecified atom stereocenters. The lowest BCUT2D eigenvalue weighted by molar-refractivity contribution is -0.100. The van der Waals surface area contributed by atoms with E-state index in [1.54, 1.807) is 7.11 Å². The largest absolute Gasteiger partial charge is 0.381 e. The van der Waals surface area contributed by atoms with Crippen LogP contribution in [0.2, 0.25) is 10.0 Å². The monoisotopic (exact) mass is 315 g/mol. The van der Waals surface area contributed by atoms with Crippen molar-refractivity contribution in [3.8, 4) is 0 Å². The fourth-order valence-corrected chi connectivity index (χ4v) is 3.30. The standard InChI is InChI=1S/C16H23Cl2NO/c1-5-13(10-6-7-11(17)12(18)8-10)19-14-9-15(20-4)16(14,2)3/h6-8,13-15,19H,5,9H2,1-4H3. The maximum atomic E-state index is 6.12. The molecule has 0 aliphatic heterocycles. The van der Waals surface area contributed by atoms with Gasteiger partial charge >= 0.3 is 0 Å². The summed E-state index contributed by atoms with van der Waals surface area (Å²) in [7, 11) is 1.79. The van der Waals surface area contributed by atoms with Crippen LogP contribution >= 0.6 is 23.2 Å². The second kappa shape index (κ2) is 6.23. The highest BCUT2D eigenvalue weighted by Gasteiger charge is 2.48. The third-order valence-electron chi connectivity index (χ3n) is 4.62. The van der Waals surface area contributed by atoms with Crippen LogP contribution in [0.3, 0.4) is 0 Å². The molecular formula is C16H23Cl2NO. The lowest BCUT2D eigenvalue weighted by atomic mass is 9.64. The van der Waals surface area contributed by atoms with E-state index in [4.69, 9.17) is 27.9 Å². The summed E-state index contributed by atoms with van der Waals surface area (Å²) in [6.07, 6.45) is 2.41. The van der Waals surface area contributed by atoms with Gasteiger partial charge in [-0.15, -0.1) is 0 Å². The molecule has 0 amide bonds. The molecule has 4 heteroatoms. The van der Waals surface area contributed by atoms with Crippen LogP contribution in [-0.4, -0.2) is 19.3 Å². The van der Waals surface area contributed by atoms with Crippen LogP contribution in [0.25, 0.3) is 0 Å². The first-order valence-corrected chi connectivity index (χ1v) is 7.89. The fraction of sp³-hybridized carbons (Fsp3) is 0.625. The lowest BCUT2D eigenvalue weighted by Gasteiger charge is -2.52. The Hall–Kier alpha value is -0.280. The predicted molar refractivity (Wildman–Crippen MR) is 85.6 cm³/mol. The summed E-state index contributed by atoms with van der Waals surface area (Å²) in [4.78, 5) is 0. The number of halogens is 2. The maximum absolute atomic E-state index is 6.12. The highest BCUT2D eigenvalue weighted by molar-refractivity contribution is 6.42. The highest BCUT2D eigenvalue weighted by atomic mass is 35.5. The maximum Gasteiger partial charge on any atom is 0.0652 e. The Kier molecular flexibility index (Phi) is 5.01. The number of rotatable bonds is 5. The van der Waals surface area contributed by atoms with E-state index >= 15 is 0 Å². The van der Waals surface area contributed by atoms with Crippen molar-refractivity contribution in [3.05, 3.63) is 33.8 Å². The molecule has 0 saturated heterocycles. The summed E-state index contributed by atoms with van der Waals surface area (Å²) in [5.41, 5.74) is 1.36. The van der Waals surface area contributed by atoms with E-state index in [2.05, 4.69) is 32.2 Å². The molecule has 112 valence electrons. The molecule has 0 spiro atoms. The van der Waals surface area contributed by atoms with Crippen LogP contribution in [0.4, 0.5) is 0 Å². The lowest BCUT2D eigenvalue weighted by Crippen LogP contribution is -2.61. The van der Waals surface area contributed by atoms with Crippen molar-refractivity contribution in [2.45, 2.75) is 51.8 Å². The first-order valence-electron chi connectivity index (χ1n) is 7.14. The number of hydrogen-bond donors (Lipinski definition) is 1. The molecule has 1 N–H and O–H groups in total. The Balaban J connectivity index is 2.08. The van der Waals surface area contributed by atoms with E-state index < -0.39 is 0 Å². The number of hydrogen-bond acceptors (Lipinski definition) is 2. The van der Waals surface area contributed by atoms with Gasteiger partial charge in [0.15, 0.2) is 0 Å². The molecule has 1 aromatic rings. The summed E-state index contributed by atoms with van der Waals surface area (Å²) in [5, 5.41) is 4.96. The minimum atomic E-state index is 0.165. The average molecular weight is 316 g/mol. The third kappa shape index (κ3) is 2.99. The quantitative estimate of drug-likeness (QED) is 0.838. The van der Waals surface area contributed by atoms with Crippen molar-refractivity contribution in [1.82, 2.24) is 5.32 Å². The van der Waals surface area contributed by atoms with Crippen LogP contribution in [0.15, 0.2) is 18.2 Å². The molecule has 1 fully saturated rings. The molecule has 1 saturated carbocycles. The highest BCUT2D eigenvalue weighted by Crippen LogP contribution is 2.43. The van der Waals surface area contributed by atoms with E-state index in [0.29, 0.717) is 28.2 Å². The second-order valence-electron chi connectivity index (χ2n) is 6.14. The third-order valence-corrected chi connectivity index (χ3v) is 5.36. The van der Waals surface area contributed by atoms with Crippen molar-refractivity contribution in [3.63, 3.8) is 0 Å². The number of nitrogens with one attached hydrogen (secondary N) is 1. The van der Waals surface area contributed by atoms with E-state index in [1.807, 2.05) is 12.1 Å². The Morgan fingerprint density at radius 2 is 2.05 bits per heavy atom. The van der Waals surface area contributed by atoms with Gasteiger partial charge in [0.05, 0.1) is 16.1 Å². The minimum Gasteiger partial charge on any atom is -0.381 e. The van der Waals surface area contributed by atoms with Crippen molar-refractivity contribution >= 4 is 23.2 Å². The molecule has 2 nitrogen and oxygen atoms in total. The zero-order valence-electron chi connectivity index (χ0n) is 12.5. The SMILES string of the molecule is CCC(NC1CC(OC)C1(C)C)c1ccc(Cl)c(Cl)c1. The van der Waals surface area contributed by atoms with Gasteiger partial charge in [-0.05, 0) is 30.5 Å². The molecule has 0 bridgehead atoms. The topological polar surface area (TPSA) is 21.3 Å². The van der Waals surface area contributed by atoms with Gasteiger partial charge in [0.25, 0.3) is 0 Å². The zero-order chi connectivity index (χ0) is 14.9. The zero-order valence-corrected chi connectivity index (χ0v) is 14.1. The van der Waals surface area contributed by atoms with Crippen LogP contribution in [-0.2, 0) is 4.74 Å². The second-order valence-corrected chi connectivity index (χ2v) is 6.95. The van der Waals surface area contributed by atoms with Crippen molar-refractivity contribution < 1.29 is 4.74 Å². The van der Waals surface area contributed by atoms with Crippen LogP contribution in [0, 0.1) is 5.41 Å². The van der Waals surface area contributed by atoms with Gasteiger partial charge in [0, 0.05) is 24.6 Å². The molecular weight excluding hydrogens is 293 g/mol. The molecule has 20 heavy (non-hydrogen) atoms. The summed E-state index contributed by atoms with van der Waals surface area (Å²) < 4.78 is 5.51. The molecule has 1 aliphatic rings. The summed E-state index contributed by atoms with van der Waals surface area (Å²) >= 11 is 12.1. The Bertz CT molecular complexity index is 476. The number of ether oxygens (including phenoxy) is 1. The van der Waals surface area contributed by atoms with E-state index in [1.165, 1.54) is 5.56 Å². The number of benzene rings is 1. The minimum absolute atomic E-state index is 0.165. The Labute approximate surface area is 131 Å². The predicted octanol–water partition coefficient (Wildman–Crippen LogP) is 4.85. The normalized spacial score (nSPS) is 26.1. The Morgan fingerprint density at radius 1 is 1.35 bits per heavy atom. The molecule has 0 heterocycles. The average Bonchev–Trinajstić information content (AvgIpc) is 2.41. The van der Waals surface area contributed by atoms with E-state index in [0.717, 1.165) is 12.8 Å². The van der Waals surface area contributed by atoms with Crippen LogP contribution in [0.1, 0.15) is 45.2 Å². The molecule has 2 rings (SSSR count). The Morgan fingerprint density at radius 3 is 2.55 bits per heavy atom. The molecule has 3 atom stereocenters. The molecule has 0 radical (unpaired) electrons. The van der Waals surface area contributed by atoms with Gasteiger partial charge in [-0.2, -0.15) is 0 Å². The molecule has 0 aromatic heterocycles. The van der Waals surface area contributed by atoms with Gasteiger partial charge in [0.1, 0.15) is 0 Å². The van der Waals surface area contributed by atoms with Crippen molar-refractivity contribution in [2.24, 2.45) is 5.41 Å². The summed E-state index contributed by atoms with van der Waals surface area (Å²) in [5.74, 6) is 0. The van der Waals surface area contributed by atoms with Crippen LogP contribution < -0.4 is 5.32 Å². The van der Waals surface area contributed by atoms with Crippen molar-refractivity contribution in [2.75, 3.05) is 7.11 Å². The van der Waals surface area contributed by atoms with Crippen molar-refractivity contribution in [1.29, 1.82) is 0 Å². The summed E-state index contributed by atoms with van der Waals surface area (Å²) in [6, 6.07) is 6.64. The summed E-state index contributed by atoms with van der Waals surface area (Å²) in [6.45, 7) is 6.69.